The van der Waals surface area contributed by atoms with Crippen LogP contribution < -0.4 is 10.6 Å². The fourth-order valence-electron chi connectivity index (χ4n) is 3.67. The molecule has 0 bridgehead atoms. The lowest BCUT2D eigenvalue weighted by atomic mass is 10.1. The average Bonchev–Trinajstić information content (AvgIpc) is 3.41. The summed E-state index contributed by atoms with van der Waals surface area (Å²) >= 11 is 0. The molecule has 1 aromatic heterocycles. The Morgan fingerprint density at radius 3 is 2.54 bits per heavy atom. The number of nitrogens with zero attached hydrogens (tertiary/aromatic N) is 2. The predicted octanol–water partition coefficient (Wildman–Crippen LogP) is 4.22. The van der Waals surface area contributed by atoms with Crippen LogP contribution in [-0.2, 0) is 6.42 Å². The minimum absolute atomic E-state index is 0. The SMILES string of the molecule is CN=C(NCC(c1ccco1)N1CCCC1)NC(C)CCc1ccccc1.I. The number of nitrogens with one attached hydrogen (secondary N) is 2. The predicted molar refractivity (Wildman–Crippen MR) is 126 cm³/mol. The molecule has 6 heteroatoms. The molecule has 0 amide bonds. The molecular formula is C22H33IN4O. The molecule has 1 fully saturated rings. The van der Waals surface area contributed by atoms with E-state index in [1.165, 1.54) is 18.4 Å². The number of hydrogen-bond donors (Lipinski definition) is 2. The number of likely N-dealkylation sites (tertiary alicyclic amines) is 1. The van der Waals surface area contributed by atoms with Gasteiger partial charge in [-0.25, -0.2) is 0 Å². The zero-order valence-corrected chi connectivity index (χ0v) is 19.3. The van der Waals surface area contributed by atoms with Crippen molar-refractivity contribution in [3.63, 3.8) is 0 Å². The highest BCUT2D eigenvalue weighted by Gasteiger charge is 2.25. The van der Waals surface area contributed by atoms with Gasteiger partial charge in [-0.1, -0.05) is 30.3 Å². The first-order valence-electron chi connectivity index (χ1n) is 10.0. The van der Waals surface area contributed by atoms with Gasteiger partial charge in [0, 0.05) is 19.6 Å². The van der Waals surface area contributed by atoms with Crippen LogP contribution in [0.2, 0.25) is 0 Å². The topological polar surface area (TPSA) is 52.8 Å². The summed E-state index contributed by atoms with van der Waals surface area (Å²) in [5, 5.41) is 7.02. The molecule has 154 valence electrons. The summed E-state index contributed by atoms with van der Waals surface area (Å²) in [5.74, 6) is 1.88. The van der Waals surface area contributed by atoms with E-state index in [-0.39, 0.29) is 30.0 Å². The summed E-state index contributed by atoms with van der Waals surface area (Å²) in [5.41, 5.74) is 1.38. The molecule has 0 saturated carbocycles. The van der Waals surface area contributed by atoms with Gasteiger partial charge in [-0.2, -0.15) is 0 Å². The highest BCUT2D eigenvalue weighted by atomic mass is 127. The second-order valence-electron chi connectivity index (χ2n) is 7.30. The normalized spacial score (nSPS) is 17.0. The van der Waals surface area contributed by atoms with Gasteiger partial charge in [0.1, 0.15) is 5.76 Å². The van der Waals surface area contributed by atoms with E-state index in [4.69, 9.17) is 4.42 Å². The number of hydrogen-bond acceptors (Lipinski definition) is 3. The number of benzene rings is 1. The van der Waals surface area contributed by atoms with Crippen molar-refractivity contribution < 1.29 is 4.42 Å². The zero-order valence-electron chi connectivity index (χ0n) is 16.9. The van der Waals surface area contributed by atoms with E-state index in [0.29, 0.717) is 6.04 Å². The van der Waals surface area contributed by atoms with Gasteiger partial charge in [-0.15, -0.1) is 24.0 Å². The van der Waals surface area contributed by atoms with Gasteiger partial charge in [0.2, 0.25) is 0 Å². The number of guanidine groups is 1. The summed E-state index contributed by atoms with van der Waals surface area (Å²) in [4.78, 5) is 6.91. The quantitative estimate of drug-likeness (QED) is 0.327. The number of aryl methyl sites for hydroxylation is 1. The molecule has 0 aliphatic carbocycles. The lowest BCUT2D eigenvalue weighted by Crippen LogP contribution is -2.45. The molecule has 2 aromatic rings. The van der Waals surface area contributed by atoms with Crippen LogP contribution in [-0.4, -0.2) is 43.6 Å². The summed E-state index contributed by atoms with van der Waals surface area (Å²) in [7, 11) is 1.83. The highest BCUT2D eigenvalue weighted by Crippen LogP contribution is 2.24. The molecule has 28 heavy (non-hydrogen) atoms. The van der Waals surface area contributed by atoms with Gasteiger partial charge in [0.15, 0.2) is 5.96 Å². The van der Waals surface area contributed by atoms with Crippen molar-refractivity contribution in [2.24, 2.45) is 4.99 Å². The van der Waals surface area contributed by atoms with E-state index >= 15 is 0 Å². The first kappa shape index (κ1) is 22.7. The zero-order chi connectivity index (χ0) is 18.9. The molecule has 1 aliphatic heterocycles. The fourth-order valence-corrected chi connectivity index (χ4v) is 3.67. The number of rotatable bonds is 8. The third-order valence-electron chi connectivity index (χ3n) is 5.23. The van der Waals surface area contributed by atoms with Gasteiger partial charge in [0.25, 0.3) is 0 Å². The van der Waals surface area contributed by atoms with Crippen LogP contribution in [0.3, 0.4) is 0 Å². The molecule has 1 saturated heterocycles. The Morgan fingerprint density at radius 1 is 1.14 bits per heavy atom. The van der Waals surface area contributed by atoms with Crippen molar-refractivity contribution in [3.8, 4) is 0 Å². The second kappa shape index (κ2) is 12.1. The van der Waals surface area contributed by atoms with Crippen molar-refractivity contribution >= 4 is 29.9 Å². The minimum atomic E-state index is 0. The molecular weight excluding hydrogens is 463 g/mol. The molecule has 2 heterocycles. The minimum Gasteiger partial charge on any atom is -0.468 e. The van der Waals surface area contributed by atoms with Gasteiger partial charge >= 0.3 is 0 Å². The van der Waals surface area contributed by atoms with Crippen LogP contribution >= 0.6 is 24.0 Å². The van der Waals surface area contributed by atoms with E-state index in [9.17, 15) is 0 Å². The molecule has 1 aliphatic rings. The van der Waals surface area contributed by atoms with Gasteiger partial charge in [0.05, 0.1) is 12.3 Å². The van der Waals surface area contributed by atoms with Crippen LogP contribution in [0.15, 0.2) is 58.1 Å². The Hall–Kier alpha value is -1.54. The number of furan rings is 1. The van der Waals surface area contributed by atoms with Crippen LogP contribution in [0.5, 0.6) is 0 Å². The standard InChI is InChI=1S/C22H32N4O.HI/c1-18(12-13-19-9-4-3-5-10-19)25-22(23-2)24-17-20(21-11-8-16-27-21)26-14-6-7-15-26;/h3-5,8-11,16,18,20H,6-7,12-15,17H2,1-2H3,(H2,23,24,25);1H. The summed E-state index contributed by atoms with van der Waals surface area (Å²) in [6.07, 6.45) is 6.42. The third kappa shape index (κ3) is 6.81. The first-order chi connectivity index (χ1) is 13.3. The molecule has 2 N–H and O–H groups in total. The van der Waals surface area contributed by atoms with Crippen molar-refractivity contribution in [1.29, 1.82) is 0 Å². The lowest BCUT2D eigenvalue weighted by Gasteiger charge is -2.27. The Labute approximate surface area is 186 Å². The van der Waals surface area contributed by atoms with Crippen molar-refractivity contribution in [3.05, 3.63) is 60.1 Å². The maximum Gasteiger partial charge on any atom is 0.191 e. The molecule has 1 aromatic carbocycles. The van der Waals surface area contributed by atoms with Crippen molar-refractivity contribution in [2.75, 3.05) is 26.7 Å². The van der Waals surface area contributed by atoms with Gasteiger partial charge in [-0.3, -0.25) is 9.89 Å². The maximum atomic E-state index is 5.70. The Kier molecular flexibility index (Phi) is 9.84. The number of halogens is 1. The average molecular weight is 496 g/mol. The van der Waals surface area contributed by atoms with E-state index < -0.39 is 0 Å². The Bertz CT molecular complexity index is 684. The molecule has 2 unspecified atom stereocenters. The van der Waals surface area contributed by atoms with Crippen LogP contribution in [0.25, 0.3) is 0 Å². The van der Waals surface area contributed by atoms with Crippen LogP contribution in [0.1, 0.15) is 43.6 Å². The lowest BCUT2D eigenvalue weighted by molar-refractivity contribution is 0.215. The molecule has 0 radical (unpaired) electrons. The maximum absolute atomic E-state index is 5.70. The van der Waals surface area contributed by atoms with Crippen molar-refractivity contribution in [2.45, 2.75) is 44.7 Å². The van der Waals surface area contributed by atoms with E-state index in [2.05, 4.69) is 63.8 Å². The van der Waals surface area contributed by atoms with Crippen LogP contribution in [0, 0.1) is 0 Å². The fraction of sp³-hybridized carbons (Fsp3) is 0.500. The molecule has 3 rings (SSSR count). The number of aliphatic imine (C=N–C) groups is 1. The van der Waals surface area contributed by atoms with Gasteiger partial charge < -0.3 is 15.1 Å². The van der Waals surface area contributed by atoms with E-state index in [1.807, 2.05) is 13.1 Å². The third-order valence-corrected chi connectivity index (χ3v) is 5.23. The highest BCUT2D eigenvalue weighted by molar-refractivity contribution is 14.0. The largest absolute Gasteiger partial charge is 0.468 e. The molecule has 0 spiro atoms. The smallest absolute Gasteiger partial charge is 0.191 e. The van der Waals surface area contributed by atoms with E-state index in [0.717, 1.165) is 44.2 Å². The van der Waals surface area contributed by atoms with Gasteiger partial charge in [-0.05, 0) is 63.4 Å². The second-order valence-corrected chi connectivity index (χ2v) is 7.30. The summed E-state index contributed by atoms with van der Waals surface area (Å²) in [6, 6.07) is 15.3. The van der Waals surface area contributed by atoms with Crippen LogP contribution in [0.4, 0.5) is 0 Å². The van der Waals surface area contributed by atoms with Crippen molar-refractivity contribution in [1.82, 2.24) is 15.5 Å². The molecule has 5 nitrogen and oxygen atoms in total. The molecule has 2 atom stereocenters. The first-order valence-corrected chi connectivity index (χ1v) is 10.0. The monoisotopic (exact) mass is 496 g/mol. The summed E-state index contributed by atoms with van der Waals surface area (Å²) in [6.45, 7) is 5.26. The Morgan fingerprint density at radius 2 is 1.89 bits per heavy atom. The van der Waals surface area contributed by atoms with E-state index in [1.54, 1.807) is 6.26 Å². The Balaban J connectivity index is 0.00000280. The summed E-state index contributed by atoms with van der Waals surface area (Å²) < 4.78 is 5.70.